The summed E-state index contributed by atoms with van der Waals surface area (Å²) in [5.74, 6) is -0.913. The number of alkyl halides is 2. The third-order valence-corrected chi connectivity index (χ3v) is 4.78. The third-order valence-electron chi connectivity index (χ3n) is 2.89. The van der Waals surface area contributed by atoms with Gasteiger partial charge in [0.15, 0.2) is 0 Å². The summed E-state index contributed by atoms with van der Waals surface area (Å²) in [4.78, 5) is 23.2. The van der Waals surface area contributed by atoms with Crippen LogP contribution in [-0.2, 0) is 9.59 Å². The van der Waals surface area contributed by atoms with Gasteiger partial charge in [0.2, 0.25) is 11.6 Å². The molecule has 2 atom stereocenters. The molecule has 0 saturated heterocycles. The number of benzene rings is 2. The predicted molar refractivity (Wildman–Crippen MR) is 86.2 cm³/mol. The van der Waals surface area contributed by atoms with Crippen LogP contribution >= 0.6 is 31.9 Å². The van der Waals surface area contributed by atoms with Crippen LogP contribution in [-0.4, -0.2) is 11.6 Å². The van der Waals surface area contributed by atoms with Crippen LogP contribution in [0.1, 0.15) is 20.8 Å². The van der Waals surface area contributed by atoms with E-state index in [9.17, 15) is 9.59 Å². The molecule has 102 valence electrons. The van der Waals surface area contributed by atoms with Gasteiger partial charge in [0, 0.05) is 0 Å². The van der Waals surface area contributed by atoms with E-state index in [1.165, 1.54) is 0 Å². The summed E-state index contributed by atoms with van der Waals surface area (Å²) in [6, 6.07) is 18.3. The van der Waals surface area contributed by atoms with Crippen molar-refractivity contribution in [1.82, 2.24) is 0 Å². The molecule has 2 aromatic carbocycles. The van der Waals surface area contributed by atoms with Crippen molar-refractivity contribution < 1.29 is 9.59 Å². The highest BCUT2D eigenvalue weighted by atomic mass is 79.9. The molecule has 0 heterocycles. The van der Waals surface area contributed by atoms with Crippen LogP contribution in [0.25, 0.3) is 0 Å². The molecule has 0 radical (unpaired) electrons. The van der Waals surface area contributed by atoms with Crippen molar-refractivity contribution in [2.24, 2.45) is 0 Å². The van der Waals surface area contributed by atoms with Gasteiger partial charge >= 0.3 is 0 Å². The quantitative estimate of drug-likeness (QED) is 0.555. The Balaban J connectivity index is 2.15. The monoisotopic (exact) mass is 394 g/mol. The zero-order valence-electron chi connectivity index (χ0n) is 10.5. The first kappa shape index (κ1) is 15.1. The second kappa shape index (κ2) is 6.95. The number of ketones is 2. The van der Waals surface area contributed by atoms with Crippen LogP contribution in [0.4, 0.5) is 0 Å². The van der Waals surface area contributed by atoms with Crippen LogP contribution in [0.15, 0.2) is 60.7 Å². The minimum absolute atomic E-state index is 0.457. The lowest BCUT2D eigenvalue weighted by Gasteiger charge is -2.12. The van der Waals surface area contributed by atoms with Gasteiger partial charge in [-0.1, -0.05) is 92.5 Å². The number of hydrogen-bond acceptors (Lipinski definition) is 2. The maximum atomic E-state index is 12.2. The minimum Gasteiger partial charge on any atom is -0.289 e. The lowest BCUT2D eigenvalue weighted by Crippen LogP contribution is -2.22. The van der Waals surface area contributed by atoms with Crippen molar-refractivity contribution in [1.29, 1.82) is 0 Å². The van der Waals surface area contributed by atoms with Crippen molar-refractivity contribution in [2.75, 3.05) is 0 Å². The number of carbonyl (C=O) groups is 2. The van der Waals surface area contributed by atoms with Gasteiger partial charge in [-0.2, -0.15) is 0 Å². The summed E-state index contributed by atoms with van der Waals surface area (Å²) in [5, 5.41) is 0. The van der Waals surface area contributed by atoms with Crippen molar-refractivity contribution in [3.63, 3.8) is 0 Å². The Morgan fingerprint density at radius 3 is 1.25 bits per heavy atom. The van der Waals surface area contributed by atoms with Crippen LogP contribution in [0.5, 0.6) is 0 Å². The number of hydrogen-bond donors (Lipinski definition) is 0. The first-order chi connectivity index (χ1) is 9.61. The van der Waals surface area contributed by atoms with Gasteiger partial charge in [0.1, 0.15) is 9.65 Å². The molecule has 2 nitrogen and oxygen atoms in total. The Labute approximate surface area is 134 Å². The van der Waals surface area contributed by atoms with Crippen LogP contribution in [0.3, 0.4) is 0 Å². The van der Waals surface area contributed by atoms with Crippen molar-refractivity contribution in [2.45, 2.75) is 9.65 Å². The van der Waals surface area contributed by atoms with Gasteiger partial charge in [-0.25, -0.2) is 0 Å². The molecule has 0 aliphatic heterocycles. The van der Waals surface area contributed by atoms with Crippen LogP contribution in [0.2, 0.25) is 0 Å². The minimum atomic E-state index is -0.611. The number of halogens is 2. The molecule has 0 spiro atoms. The van der Waals surface area contributed by atoms with Crippen LogP contribution in [0, 0.1) is 0 Å². The van der Waals surface area contributed by atoms with E-state index in [0.717, 1.165) is 11.1 Å². The summed E-state index contributed by atoms with van der Waals surface area (Å²) in [6.45, 7) is 0. The third kappa shape index (κ3) is 3.44. The second-order valence-corrected chi connectivity index (χ2v) is 6.11. The molecular weight excluding hydrogens is 384 g/mol. The molecule has 2 aromatic rings. The van der Waals surface area contributed by atoms with E-state index in [1.807, 2.05) is 60.7 Å². The average Bonchev–Trinajstić information content (AvgIpc) is 2.53. The lowest BCUT2D eigenvalue weighted by molar-refractivity contribution is -0.135. The fraction of sp³-hybridized carbons (Fsp3) is 0.125. The first-order valence-electron chi connectivity index (χ1n) is 6.07. The molecule has 0 saturated carbocycles. The highest BCUT2D eigenvalue weighted by molar-refractivity contribution is 9.10. The Morgan fingerprint density at radius 2 is 0.950 bits per heavy atom. The average molecular weight is 396 g/mol. The first-order valence-corrected chi connectivity index (χ1v) is 7.90. The Morgan fingerprint density at radius 1 is 0.650 bits per heavy atom. The molecule has 0 N–H and O–H groups in total. The van der Waals surface area contributed by atoms with E-state index >= 15 is 0 Å². The van der Waals surface area contributed by atoms with E-state index in [2.05, 4.69) is 31.9 Å². The highest BCUT2D eigenvalue weighted by Gasteiger charge is 2.29. The fourth-order valence-corrected chi connectivity index (χ4v) is 2.86. The highest BCUT2D eigenvalue weighted by Crippen LogP contribution is 2.30. The van der Waals surface area contributed by atoms with Gasteiger partial charge in [0.05, 0.1) is 0 Å². The molecule has 4 heteroatoms. The predicted octanol–water partition coefficient (Wildman–Crippen LogP) is 4.40. The summed E-state index contributed by atoms with van der Waals surface area (Å²) >= 11 is 6.60. The fourth-order valence-electron chi connectivity index (χ4n) is 1.80. The molecule has 0 bridgehead atoms. The summed E-state index contributed by atoms with van der Waals surface area (Å²) in [7, 11) is 0. The van der Waals surface area contributed by atoms with Gasteiger partial charge in [-0.05, 0) is 11.1 Å². The number of rotatable bonds is 5. The van der Waals surface area contributed by atoms with E-state index in [4.69, 9.17) is 0 Å². The summed E-state index contributed by atoms with van der Waals surface area (Å²) < 4.78 is 0. The largest absolute Gasteiger partial charge is 0.289 e. The van der Waals surface area contributed by atoms with Gasteiger partial charge < -0.3 is 0 Å². The maximum absolute atomic E-state index is 12.2. The van der Waals surface area contributed by atoms with E-state index < -0.39 is 21.2 Å². The Hall–Kier alpha value is -1.26. The summed E-state index contributed by atoms with van der Waals surface area (Å²) in [6.07, 6.45) is 0. The molecule has 0 fully saturated rings. The molecule has 0 amide bonds. The van der Waals surface area contributed by atoms with E-state index in [0.29, 0.717) is 0 Å². The van der Waals surface area contributed by atoms with Gasteiger partial charge in [-0.15, -0.1) is 0 Å². The zero-order chi connectivity index (χ0) is 14.5. The van der Waals surface area contributed by atoms with Crippen LogP contribution < -0.4 is 0 Å². The van der Waals surface area contributed by atoms with Crippen molar-refractivity contribution in [3.05, 3.63) is 71.8 Å². The molecule has 0 aliphatic rings. The van der Waals surface area contributed by atoms with Crippen molar-refractivity contribution in [3.8, 4) is 0 Å². The Bertz CT molecular complexity index is 541. The molecule has 0 aromatic heterocycles. The molecular formula is C16H12Br2O2. The normalized spacial score (nSPS) is 13.5. The molecule has 2 rings (SSSR count). The molecule has 20 heavy (non-hydrogen) atoms. The lowest BCUT2D eigenvalue weighted by atomic mass is 10.0. The van der Waals surface area contributed by atoms with E-state index in [1.54, 1.807) is 0 Å². The van der Waals surface area contributed by atoms with Crippen molar-refractivity contribution >= 4 is 43.4 Å². The number of carbonyl (C=O) groups excluding carboxylic acids is 2. The molecule has 0 unspecified atom stereocenters. The maximum Gasteiger partial charge on any atom is 0.217 e. The smallest absolute Gasteiger partial charge is 0.217 e. The summed E-state index contributed by atoms with van der Waals surface area (Å²) in [5.41, 5.74) is 1.55. The second-order valence-electron chi connectivity index (χ2n) is 4.27. The van der Waals surface area contributed by atoms with Gasteiger partial charge in [0.25, 0.3) is 0 Å². The SMILES string of the molecule is O=C(C(=O)[C@H](Br)c1ccccc1)[C@H](Br)c1ccccc1. The molecule has 0 aliphatic carbocycles. The van der Waals surface area contributed by atoms with E-state index in [-0.39, 0.29) is 0 Å². The zero-order valence-corrected chi connectivity index (χ0v) is 13.7. The number of Topliss-reactive ketones (excluding diaryl/α,β-unsaturated/α-hetero) is 2. The van der Waals surface area contributed by atoms with Gasteiger partial charge in [-0.3, -0.25) is 9.59 Å². The Kier molecular flexibility index (Phi) is 5.26. The standard InChI is InChI=1S/C16H12Br2O2/c17-13(11-7-3-1-4-8-11)15(19)16(20)14(18)12-9-5-2-6-10-12/h1-10,13-14H/t13-,14-/m1/s1. The topological polar surface area (TPSA) is 34.1 Å².